The van der Waals surface area contributed by atoms with Gasteiger partial charge in [0.05, 0.1) is 12.2 Å². The van der Waals surface area contributed by atoms with Gasteiger partial charge >= 0.3 is 0 Å². The average Bonchev–Trinajstić information content (AvgIpc) is 2.98. The maximum atomic E-state index is 12.6. The maximum absolute atomic E-state index is 12.6. The van der Waals surface area contributed by atoms with Crippen molar-refractivity contribution in [3.8, 4) is 0 Å². The van der Waals surface area contributed by atoms with Crippen molar-refractivity contribution >= 4 is 23.5 Å². The van der Waals surface area contributed by atoms with Gasteiger partial charge in [-0.05, 0) is 31.5 Å². The third-order valence-corrected chi connectivity index (χ3v) is 4.97. The number of rotatable bonds is 4. The van der Waals surface area contributed by atoms with E-state index in [2.05, 4.69) is 15.5 Å². The number of hydrogen-bond acceptors (Lipinski definition) is 4. The van der Waals surface area contributed by atoms with Crippen molar-refractivity contribution in [2.45, 2.75) is 26.9 Å². The number of benzene rings is 1. The summed E-state index contributed by atoms with van der Waals surface area (Å²) in [6.45, 7) is 6.62. The highest BCUT2D eigenvalue weighted by atomic mass is 35.5. The number of guanidine groups is 1. The number of nitrogens with zero attached hydrogens (tertiary/aromatic N) is 4. The number of piperazine rings is 1. The lowest BCUT2D eigenvalue weighted by Crippen LogP contribution is -2.54. The first-order chi connectivity index (χ1) is 13.0. The molecule has 3 rings (SSSR count). The Morgan fingerprint density at radius 2 is 2.04 bits per heavy atom. The number of amides is 1. The highest BCUT2D eigenvalue weighted by Crippen LogP contribution is 2.14. The topological polar surface area (TPSA) is 74.0 Å². The van der Waals surface area contributed by atoms with Crippen LogP contribution < -0.4 is 5.32 Å². The minimum atomic E-state index is 0.0801. The molecule has 0 atom stereocenters. The summed E-state index contributed by atoms with van der Waals surface area (Å²) >= 11 is 5.92. The van der Waals surface area contributed by atoms with E-state index in [4.69, 9.17) is 16.1 Å². The summed E-state index contributed by atoms with van der Waals surface area (Å²) < 4.78 is 5.19. The van der Waals surface area contributed by atoms with Gasteiger partial charge in [-0.25, -0.2) is 0 Å². The van der Waals surface area contributed by atoms with E-state index in [0.717, 1.165) is 29.1 Å². The van der Waals surface area contributed by atoms with Gasteiger partial charge in [-0.3, -0.25) is 9.79 Å². The highest BCUT2D eigenvalue weighted by molar-refractivity contribution is 6.30. The summed E-state index contributed by atoms with van der Waals surface area (Å²) in [7, 11) is 1.72. The number of carbonyl (C=O) groups is 1. The van der Waals surface area contributed by atoms with E-state index in [9.17, 15) is 4.79 Å². The fraction of sp³-hybridized carbons (Fsp3) is 0.421. The van der Waals surface area contributed by atoms with Crippen LogP contribution in [0.15, 0.2) is 33.8 Å². The Bertz CT molecular complexity index is 812. The number of aromatic nitrogens is 1. The van der Waals surface area contributed by atoms with Crippen molar-refractivity contribution in [2.75, 3.05) is 26.7 Å². The largest absolute Gasteiger partial charge is 0.361 e. The Morgan fingerprint density at radius 3 is 2.63 bits per heavy atom. The van der Waals surface area contributed by atoms with Crippen LogP contribution in [0.25, 0.3) is 0 Å². The molecule has 2 heterocycles. The molecule has 0 unspecified atom stereocenters. The molecule has 1 aromatic heterocycles. The monoisotopic (exact) mass is 389 g/mol. The zero-order valence-electron chi connectivity index (χ0n) is 15.8. The molecule has 1 aliphatic rings. The van der Waals surface area contributed by atoms with Crippen LogP contribution in [-0.2, 0) is 17.9 Å². The van der Waals surface area contributed by atoms with Gasteiger partial charge < -0.3 is 19.6 Å². The van der Waals surface area contributed by atoms with Gasteiger partial charge in [0.1, 0.15) is 5.76 Å². The standard InChI is InChI=1S/C19H24ClN5O2/c1-13-17(14(2)27-23-13)10-22-19(21-3)25-9-8-24(18(26)12-25)11-15-4-6-16(20)7-5-15/h4-7H,8-12H2,1-3H3,(H,21,22). The number of hydrogen-bond donors (Lipinski definition) is 1. The highest BCUT2D eigenvalue weighted by Gasteiger charge is 2.26. The van der Waals surface area contributed by atoms with E-state index in [1.165, 1.54) is 0 Å². The maximum Gasteiger partial charge on any atom is 0.242 e. The first-order valence-corrected chi connectivity index (χ1v) is 9.25. The normalized spacial score (nSPS) is 15.4. The number of halogens is 1. The minimum Gasteiger partial charge on any atom is -0.361 e. The molecular formula is C19H24ClN5O2. The molecule has 2 aromatic rings. The quantitative estimate of drug-likeness (QED) is 0.642. The summed E-state index contributed by atoms with van der Waals surface area (Å²) in [6.07, 6.45) is 0. The van der Waals surface area contributed by atoms with E-state index in [1.807, 2.05) is 47.9 Å². The van der Waals surface area contributed by atoms with Crippen LogP contribution in [0.1, 0.15) is 22.6 Å². The van der Waals surface area contributed by atoms with Gasteiger partial charge in [-0.2, -0.15) is 0 Å². The number of aliphatic imine (C=N–C) groups is 1. The van der Waals surface area contributed by atoms with Crippen molar-refractivity contribution in [3.63, 3.8) is 0 Å². The van der Waals surface area contributed by atoms with E-state index >= 15 is 0 Å². The molecule has 1 fully saturated rings. The second-order valence-corrected chi connectivity index (χ2v) is 7.00. The third-order valence-electron chi connectivity index (χ3n) is 4.72. The summed E-state index contributed by atoms with van der Waals surface area (Å²) in [6, 6.07) is 7.59. The molecule has 0 radical (unpaired) electrons. The molecular weight excluding hydrogens is 366 g/mol. The molecule has 1 amide bonds. The summed E-state index contributed by atoms with van der Waals surface area (Å²) in [5.74, 6) is 1.57. The zero-order chi connectivity index (χ0) is 19.4. The Balaban J connectivity index is 1.57. The zero-order valence-corrected chi connectivity index (χ0v) is 16.6. The third kappa shape index (κ3) is 4.60. The molecule has 1 aromatic carbocycles. The van der Waals surface area contributed by atoms with E-state index in [-0.39, 0.29) is 5.91 Å². The molecule has 144 valence electrons. The molecule has 1 saturated heterocycles. The lowest BCUT2D eigenvalue weighted by Gasteiger charge is -2.36. The Kier molecular flexibility index (Phi) is 6.01. The lowest BCUT2D eigenvalue weighted by atomic mass is 10.2. The summed E-state index contributed by atoms with van der Waals surface area (Å²) in [5, 5.41) is 7.96. The van der Waals surface area contributed by atoms with Crippen molar-refractivity contribution in [2.24, 2.45) is 4.99 Å². The predicted octanol–water partition coefficient (Wildman–Crippen LogP) is 2.36. The second-order valence-electron chi connectivity index (χ2n) is 6.57. The first kappa shape index (κ1) is 19.2. The van der Waals surface area contributed by atoms with Crippen molar-refractivity contribution in [1.29, 1.82) is 0 Å². The molecule has 1 aliphatic heterocycles. The van der Waals surface area contributed by atoms with Crippen LogP contribution in [0.5, 0.6) is 0 Å². The fourth-order valence-corrected chi connectivity index (χ4v) is 3.25. The van der Waals surface area contributed by atoms with Crippen molar-refractivity contribution in [1.82, 2.24) is 20.3 Å². The van der Waals surface area contributed by atoms with Crippen LogP contribution in [0.3, 0.4) is 0 Å². The van der Waals surface area contributed by atoms with Gasteiger partial charge in [0.2, 0.25) is 5.91 Å². The Morgan fingerprint density at radius 1 is 1.30 bits per heavy atom. The molecule has 27 heavy (non-hydrogen) atoms. The van der Waals surface area contributed by atoms with Gasteiger partial charge in [0.25, 0.3) is 0 Å². The molecule has 8 heteroatoms. The molecule has 0 spiro atoms. The lowest BCUT2D eigenvalue weighted by molar-refractivity contribution is -0.135. The first-order valence-electron chi connectivity index (χ1n) is 8.87. The number of carbonyl (C=O) groups excluding carboxylic acids is 1. The minimum absolute atomic E-state index is 0.0801. The van der Waals surface area contributed by atoms with Crippen LogP contribution in [0.2, 0.25) is 5.02 Å². The van der Waals surface area contributed by atoms with Gasteiger partial charge in [0, 0.05) is 43.8 Å². The van der Waals surface area contributed by atoms with Crippen LogP contribution in [0, 0.1) is 13.8 Å². The van der Waals surface area contributed by atoms with Crippen LogP contribution >= 0.6 is 11.6 Å². The van der Waals surface area contributed by atoms with Crippen LogP contribution in [-0.4, -0.2) is 53.5 Å². The predicted molar refractivity (Wildman–Crippen MR) is 105 cm³/mol. The Labute approximate surface area is 164 Å². The van der Waals surface area contributed by atoms with E-state index < -0.39 is 0 Å². The smallest absolute Gasteiger partial charge is 0.242 e. The van der Waals surface area contributed by atoms with E-state index in [0.29, 0.717) is 37.2 Å². The second kappa shape index (κ2) is 8.43. The molecule has 0 bridgehead atoms. The van der Waals surface area contributed by atoms with Gasteiger partial charge in [-0.1, -0.05) is 28.9 Å². The fourth-order valence-electron chi connectivity index (χ4n) is 3.12. The summed E-state index contributed by atoms with van der Waals surface area (Å²) in [4.78, 5) is 20.7. The number of aryl methyl sites for hydroxylation is 2. The van der Waals surface area contributed by atoms with Crippen LogP contribution in [0.4, 0.5) is 0 Å². The SMILES string of the molecule is CN=C(NCc1c(C)noc1C)N1CCN(Cc2ccc(Cl)cc2)C(=O)C1. The number of nitrogens with one attached hydrogen (secondary N) is 1. The van der Waals surface area contributed by atoms with Gasteiger partial charge in [-0.15, -0.1) is 0 Å². The average molecular weight is 390 g/mol. The molecule has 0 aliphatic carbocycles. The van der Waals surface area contributed by atoms with E-state index in [1.54, 1.807) is 7.05 Å². The Hall–Kier alpha value is -2.54. The molecule has 7 nitrogen and oxygen atoms in total. The van der Waals surface area contributed by atoms with Crippen molar-refractivity contribution < 1.29 is 9.32 Å². The van der Waals surface area contributed by atoms with Gasteiger partial charge in [0.15, 0.2) is 5.96 Å². The molecule has 1 N–H and O–H groups in total. The summed E-state index contributed by atoms with van der Waals surface area (Å²) in [5.41, 5.74) is 2.95. The van der Waals surface area contributed by atoms with Crippen molar-refractivity contribution in [3.05, 3.63) is 51.9 Å². The molecule has 0 saturated carbocycles.